The van der Waals surface area contributed by atoms with Crippen LogP contribution in [0.5, 0.6) is 17.2 Å². The summed E-state index contributed by atoms with van der Waals surface area (Å²) >= 11 is 1.43. The molecule has 1 aromatic heterocycles. The number of nitrogens with zero attached hydrogens (tertiary/aromatic N) is 1. The van der Waals surface area contributed by atoms with E-state index in [1.165, 1.54) is 18.3 Å². The molecule has 1 aliphatic rings. The van der Waals surface area contributed by atoms with Gasteiger partial charge in [0.1, 0.15) is 5.75 Å². The molecule has 1 unspecified atom stereocenters. The highest BCUT2D eigenvalue weighted by atomic mass is 32.1. The number of Topliss-reactive ketones (excluding diaryl/α,β-unsaturated/α-hetero) is 1. The van der Waals surface area contributed by atoms with E-state index in [0.29, 0.717) is 61.2 Å². The van der Waals surface area contributed by atoms with Crippen molar-refractivity contribution in [1.82, 2.24) is 4.90 Å². The molecule has 10 nitrogen and oxygen atoms in total. The lowest BCUT2D eigenvalue weighted by Crippen LogP contribution is -2.28. The van der Waals surface area contributed by atoms with Crippen molar-refractivity contribution >= 4 is 44.8 Å². The third-order valence-corrected chi connectivity index (χ3v) is 8.94. The number of methoxy groups -OCH3 is 2. The van der Waals surface area contributed by atoms with Crippen LogP contribution in [0.1, 0.15) is 60.8 Å². The fourth-order valence-electron chi connectivity index (χ4n) is 4.89. The average Bonchev–Trinajstić information content (AvgIpc) is 3.59. The highest BCUT2D eigenvalue weighted by molar-refractivity contribution is 7.20. The topological polar surface area (TPSA) is 135 Å². The molecule has 0 saturated heterocycles. The van der Waals surface area contributed by atoms with Crippen molar-refractivity contribution in [1.29, 1.82) is 0 Å². The maximum absolute atomic E-state index is 12.7. The fraction of sp³-hybridized carbons (Fsp3) is 0.469. The molecule has 11 heteroatoms. The molecule has 0 radical (unpaired) electrons. The minimum atomic E-state index is -0.984. The number of rotatable bonds is 15. The number of carbonyl (C=O) groups is 3. The maximum atomic E-state index is 12.7. The van der Waals surface area contributed by atoms with Crippen molar-refractivity contribution in [3.63, 3.8) is 0 Å². The monoisotopic (exact) mass is 612 g/mol. The molecule has 0 bridgehead atoms. The van der Waals surface area contributed by atoms with Crippen molar-refractivity contribution in [2.75, 3.05) is 32.7 Å². The minimum Gasteiger partial charge on any atom is -0.495 e. The number of amides is 1. The Balaban J connectivity index is 1.33. The Morgan fingerprint density at radius 1 is 0.953 bits per heavy atom. The summed E-state index contributed by atoms with van der Waals surface area (Å²) in [4.78, 5) is 38.8. The standard InChI is InChI=1S/C32H40N2O8S/c1-18(20(3)35)9-25(36)30-14-21-11-24(26(40-4)15-29(21)43-30)33-7-6-8-42-28-13-23-17-34(16-22(23)12-27(28)41-5)31(37)10-19(2)32(38)39/h11-15,18-20,33,35H,6-10,16-17H2,1-5H3,(H,38,39)/t18-,19-,20?/m0/s1. The average molecular weight is 613 g/mol. The number of carbonyl (C=O) groups excluding carboxylic acids is 2. The zero-order chi connectivity index (χ0) is 31.3. The van der Waals surface area contributed by atoms with Crippen LogP contribution in [0.25, 0.3) is 10.1 Å². The summed E-state index contributed by atoms with van der Waals surface area (Å²) in [5.74, 6) is -0.139. The molecule has 0 saturated carbocycles. The number of thiophene rings is 1. The number of aliphatic hydroxyl groups is 1. The van der Waals surface area contributed by atoms with Crippen molar-refractivity contribution in [3.05, 3.63) is 46.3 Å². The predicted molar refractivity (Wildman–Crippen MR) is 165 cm³/mol. The number of fused-ring (bicyclic) bond motifs is 2. The second kappa shape index (κ2) is 14.1. The number of benzene rings is 2. The van der Waals surface area contributed by atoms with Gasteiger partial charge >= 0.3 is 5.97 Å². The Hall–Kier alpha value is -3.83. The SMILES string of the molecule is COc1cc2sc(C(=O)C[C@H](C)C(C)O)cc2cc1NCCCOc1cc2c(cc1OC)CN(C(=O)C[C@H](C)C(=O)O)C2. The highest BCUT2D eigenvalue weighted by Crippen LogP contribution is 2.37. The van der Waals surface area contributed by atoms with Crippen molar-refractivity contribution < 1.29 is 38.8 Å². The molecule has 232 valence electrons. The van der Waals surface area contributed by atoms with E-state index in [1.54, 1.807) is 26.0 Å². The number of ether oxygens (including phenoxy) is 3. The molecule has 43 heavy (non-hydrogen) atoms. The Labute approximate surface area is 255 Å². The van der Waals surface area contributed by atoms with Crippen molar-refractivity contribution in [2.45, 2.75) is 59.2 Å². The summed E-state index contributed by atoms with van der Waals surface area (Å²) in [5.41, 5.74) is 2.74. The van der Waals surface area contributed by atoms with Gasteiger partial charge in [-0.25, -0.2) is 0 Å². The Bertz CT molecular complexity index is 1480. The highest BCUT2D eigenvalue weighted by Gasteiger charge is 2.28. The third kappa shape index (κ3) is 7.77. The first-order valence-electron chi connectivity index (χ1n) is 14.4. The van der Waals surface area contributed by atoms with Gasteiger partial charge in [0.15, 0.2) is 17.3 Å². The molecule has 1 aliphatic heterocycles. The van der Waals surface area contributed by atoms with Gasteiger partial charge in [-0.05, 0) is 60.0 Å². The predicted octanol–water partition coefficient (Wildman–Crippen LogP) is 5.34. The van der Waals surface area contributed by atoms with Gasteiger partial charge in [-0.2, -0.15) is 0 Å². The van der Waals surface area contributed by atoms with Crippen LogP contribution in [-0.2, 0) is 22.7 Å². The number of carboxylic acid groups (broad SMARTS) is 1. The fourth-order valence-corrected chi connectivity index (χ4v) is 5.91. The molecule has 3 N–H and O–H groups in total. The number of nitrogens with one attached hydrogen (secondary N) is 1. The zero-order valence-corrected chi connectivity index (χ0v) is 26.1. The number of aliphatic hydroxyl groups excluding tert-OH is 1. The van der Waals surface area contributed by atoms with E-state index in [2.05, 4.69) is 5.32 Å². The van der Waals surface area contributed by atoms with Gasteiger partial charge in [-0.1, -0.05) is 13.8 Å². The number of ketones is 1. The van der Waals surface area contributed by atoms with Crippen LogP contribution in [0.3, 0.4) is 0 Å². The van der Waals surface area contributed by atoms with Crippen LogP contribution < -0.4 is 19.5 Å². The van der Waals surface area contributed by atoms with Crippen LogP contribution in [0.2, 0.25) is 0 Å². The first kappa shape index (κ1) is 32.1. The van der Waals surface area contributed by atoms with Crippen LogP contribution in [0, 0.1) is 11.8 Å². The van der Waals surface area contributed by atoms with Gasteiger partial charge in [0, 0.05) is 43.2 Å². The zero-order valence-electron chi connectivity index (χ0n) is 25.3. The van der Waals surface area contributed by atoms with Crippen LogP contribution in [-0.4, -0.2) is 66.2 Å². The molecule has 3 atom stereocenters. The van der Waals surface area contributed by atoms with E-state index in [-0.39, 0.29) is 24.0 Å². The second-order valence-electron chi connectivity index (χ2n) is 11.1. The van der Waals surface area contributed by atoms with Gasteiger partial charge in [-0.3, -0.25) is 14.4 Å². The lowest BCUT2D eigenvalue weighted by molar-refractivity contribution is -0.145. The molecule has 0 spiro atoms. The summed E-state index contributed by atoms with van der Waals surface area (Å²) in [7, 11) is 3.18. The van der Waals surface area contributed by atoms with Crippen LogP contribution in [0.4, 0.5) is 5.69 Å². The van der Waals surface area contributed by atoms with E-state index in [9.17, 15) is 19.5 Å². The van der Waals surface area contributed by atoms with Crippen molar-refractivity contribution in [2.24, 2.45) is 11.8 Å². The number of anilines is 1. The normalized spacial score (nSPS) is 14.6. The Kier molecular flexibility index (Phi) is 10.5. The smallest absolute Gasteiger partial charge is 0.306 e. The van der Waals surface area contributed by atoms with Crippen LogP contribution >= 0.6 is 11.3 Å². The van der Waals surface area contributed by atoms with Gasteiger partial charge in [0.05, 0.1) is 43.4 Å². The van der Waals surface area contributed by atoms with E-state index >= 15 is 0 Å². The lowest BCUT2D eigenvalue weighted by atomic mass is 9.99. The molecular weight excluding hydrogens is 572 g/mol. The molecule has 0 aliphatic carbocycles. The minimum absolute atomic E-state index is 0.0225. The number of hydrogen-bond donors (Lipinski definition) is 3. The molecule has 0 fully saturated rings. The number of hydrogen-bond acceptors (Lipinski definition) is 9. The van der Waals surface area contributed by atoms with E-state index < -0.39 is 18.0 Å². The van der Waals surface area contributed by atoms with Crippen molar-refractivity contribution in [3.8, 4) is 17.2 Å². The summed E-state index contributed by atoms with van der Waals surface area (Å²) in [6, 6.07) is 9.58. The third-order valence-electron chi connectivity index (χ3n) is 7.80. The van der Waals surface area contributed by atoms with E-state index in [4.69, 9.17) is 19.3 Å². The first-order chi connectivity index (χ1) is 20.5. The largest absolute Gasteiger partial charge is 0.495 e. The van der Waals surface area contributed by atoms with Gasteiger partial charge in [-0.15, -0.1) is 11.3 Å². The molecular formula is C32H40N2O8S. The summed E-state index contributed by atoms with van der Waals surface area (Å²) < 4.78 is 18.2. The summed E-state index contributed by atoms with van der Waals surface area (Å²) in [6.45, 7) is 6.95. The van der Waals surface area contributed by atoms with Gasteiger partial charge < -0.3 is 34.6 Å². The lowest BCUT2D eigenvalue weighted by Gasteiger charge is -2.16. The van der Waals surface area contributed by atoms with E-state index in [0.717, 1.165) is 26.9 Å². The maximum Gasteiger partial charge on any atom is 0.306 e. The molecule has 2 heterocycles. The number of aliphatic carboxylic acids is 1. The summed E-state index contributed by atoms with van der Waals surface area (Å²) in [5, 5.41) is 23.2. The Morgan fingerprint density at radius 3 is 2.26 bits per heavy atom. The summed E-state index contributed by atoms with van der Waals surface area (Å²) in [6.07, 6.45) is 0.404. The van der Waals surface area contributed by atoms with Crippen LogP contribution in [0.15, 0.2) is 30.3 Å². The second-order valence-corrected chi connectivity index (χ2v) is 12.2. The van der Waals surface area contributed by atoms with Gasteiger partial charge in [0.2, 0.25) is 5.91 Å². The number of carboxylic acids is 1. The molecule has 3 aromatic rings. The first-order valence-corrected chi connectivity index (χ1v) is 15.2. The molecule has 4 rings (SSSR count). The van der Waals surface area contributed by atoms with E-state index in [1.807, 2.05) is 37.3 Å². The Morgan fingerprint density at radius 2 is 1.63 bits per heavy atom. The quantitative estimate of drug-likeness (QED) is 0.154. The molecule has 1 amide bonds. The van der Waals surface area contributed by atoms with Gasteiger partial charge in [0.25, 0.3) is 0 Å². The molecule has 2 aromatic carbocycles.